The number of nitrogen functional groups attached to an aromatic ring is 1. The number of carbonyl (C=O) groups excluding carboxylic acids is 1. The molecule has 2 rings (SSSR count). The topological polar surface area (TPSA) is 93.2 Å². The van der Waals surface area contributed by atoms with Gasteiger partial charge in [0.05, 0.1) is 5.69 Å². The van der Waals surface area contributed by atoms with Gasteiger partial charge >= 0.3 is 0 Å². The summed E-state index contributed by atoms with van der Waals surface area (Å²) in [7, 11) is 0. The maximum Gasteiger partial charge on any atom is 0.251 e. The second-order valence-corrected chi connectivity index (χ2v) is 4.21. The van der Waals surface area contributed by atoms with Crippen molar-refractivity contribution < 1.29 is 9.32 Å². The summed E-state index contributed by atoms with van der Waals surface area (Å²) in [6.07, 6.45) is 0. The Morgan fingerprint density at radius 1 is 1.32 bits per heavy atom. The Morgan fingerprint density at radius 3 is 2.53 bits per heavy atom. The van der Waals surface area contributed by atoms with Crippen LogP contribution in [0.5, 0.6) is 0 Å². The number of nitrogens with zero attached hydrogens (tertiary/aromatic N) is 1. The van der Waals surface area contributed by atoms with Crippen LogP contribution >= 0.6 is 0 Å². The monoisotopic (exact) mass is 260 g/mol. The number of hydrazine groups is 1. The second kappa shape index (κ2) is 5.53. The molecule has 0 bridgehead atoms. The van der Waals surface area contributed by atoms with E-state index in [4.69, 9.17) is 10.4 Å². The molecule has 0 atom stereocenters. The average Bonchev–Trinajstić information content (AvgIpc) is 2.75. The number of nitrogens with one attached hydrogen (secondary N) is 2. The second-order valence-electron chi connectivity index (χ2n) is 4.21. The maximum atomic E-state index is 11.9. The summed E-state index contributed by atoms with van der Waals surface area (Å²) < 4.78 is 5.04. The van der Waals surface area contributed by atoms with Crippen LogP contribution in [0.4, 0.5) is 5.69 Å². The van der Waals surface area contributed by atoms with E-state index in [1.165, 1.54) is 0 Å². The number of carbonyl (C=O) groups is 1. The van der Waals surface area contributed by atoms with Gasteiger partial charge in [0.2, 0.25) is 0 Å². The van der Waals surface area contributed by atoms with Crippen LogP contribution in [-0.4, -0.2) is 11.1 Å². The van der Waals surface area contributed by atoms with E-state index in [0.717, 1.165) is 22.7 Å². The minimum absolute atomic E-state index is 0.149. The van der Waals surface area contributed by atoms with E-state index in [1.807, 2.05) is 13.8 Å². The van der Waals surface area contributed by atoms with Gasteiger partial charge in [-0.25, -0.2) is 0 Å². The smallest absolute Gasteiger partial charge is 0.251 e. The van der Waals surface area contributed by atoms with Gasteiger partial charge in [0.1, 0.15) is 5.76 Å². The number of anilines is 1. The molecule has 19 heavy (non-hydrogen) atoms. The molecule has 0 aliphatic heterocycles. The Morgan fingerprint density at radius 2 is 2.00 bits per heavy atom. The molecule has 0 saturated carbocycles. The highest BCUT2D eigenvalue weighted by molar-refractivity contribution is 5.94. The van der Waals surface area contributed by atoms with Crippen LogP contribution in [0.2, 0.25) is 0 Å². The standard InChI is InChI=1S/C13H16N4O2/c1-8-12(9(2)19-17-8)7-15-13(18)10-3-5-11(16-14)6-4-10/h3-6,16H,7,14H2,1-2H3,(H,15,18). The fraction of sp³-hybridized carbons (Fsp3) is 0.231. The van der Waals surface area contributed by atoms with Crippen molar-refractivity contribution in [3.05, 3.63) is 46.8 Å². The van der Waals surface area contributed by atoms with E-state index in [9.17, 15) is 4.79 Å². The molecule has 0 unspecified atom stereocenters. The summed E-state index contributed by atoms with van der Waals surface area (Å²) in [5.41, 5.74) is 5.54. The summed E-state index contributed by atoms with van der Waals surface area (Å²) in [6.45, 7) is 4.07. The zero-order valence-electron chi connectivity index (χ0n) is 10.9. The van der Waals surface area contributed by atoms with Gasteiger partial charge in [0.15, 0.2) is 0 Å². The number of hydrogen-bond acceptors (Lipinski definition) is 5. The molecular formula is C13H16N4O2. The predicted molar refractivity (Wildman–Crippen MR) is 71.4 cm³/mol. The van der Waals surface area contributed by atoms with Crippen molar-refractivity contribution in [1.82, 2.24) is 10.5 Å². The van der Waals surface area contributed by atoms with E-state index in [2.05, 4.69) is 15.9 Å². The average molecular weight is 260 g/mol. The molecule has 0 aliphatic rings. The Hall–Kier alpha value is -2.34. The number of hydrogen-bond donors (Lipinski definition) is 3. The molecular weight excluding hydrogens is 244 g/mol. The number of rotatable bonds is 4. The third-order valence-corrected chi connectivity index (χ3v) is 2.92. The first-order valence-electron chi connectivity index (χ1n) is 5.88. The number of nitrogens with two attached hydrogens (primary N) is 1. The minimum Gasteiger partial charge on any atom is -0.361 e. The fourth-order valence-corrected chi connectivity index (χ4v) is 1.74. The summed E-state index contributed by atoms with van der Waals surface area (Å²) in [6, 6.07) is 6.89. The molecule has 6 nitrogen and oxygen atoms in total. The SMILES string of the molecule is Cc1noc(C)c1CNC(=O)c1ccc(NN)cc1. The van der Waals surface area contributed by atoms with Crippen molar-refractivity contribution in [3.8, 4) is 0 Å². The van der Waals surface area contributed by atoms with Crippen LogP contribution in [0.15, 0.2) is 28.8 Å². The van der Waals surface area contributed by atoms with Crippen LogP contribution in [0, 0.1) is 13.8 Å². The third-order valence-electron chi connectivity index (χ3n) is 2.92. The molecule has 0 saturated heterocycles. The Balaban J connectivity index is 2.01. The van der Waals surface area contributed by atoms with E-state index in [0.29, 0.717) is 12.1 Å². The Bertz CT molecular complexity index is 555. The van der Waals surface area contributed by atoms with Crippen LogP contribution in [0.1, 0.15) is 27.4 Å². The highest BCUT2D eigenvalue weighted by atomic mass is 16.5. The summed E-state index contributed by atoms with van der Waals surface area (Å²) in [5.74, 6) is 5.84. The van der Waals surface area contributed by atoms with Crippen LogP contribution in [0.3, 0.4) is 0 Å². The van der Waals surface area contributed by atoms with Crippen molar-refractivity contribution in [1.29, 1.82) is 0 Å². The molecule has 0 fully saturated rings. The normalized spacial score (nSPS) is 10.3. The number of aryl methyl sites for hydroxylation is 2. The first kappa shape index (κ1) is 13.1. The van der Waals surface area contributed by atoms with Gasteiger partial charge in [-0.05, 0) is 38.1 Å². The lowest BCUT2D eigenvalue weighted by atomic mass is 10.1. The molecule has 100 valence electrons. The molecule has 1 aromatic carbocycles. The number of aromatic nitrogens is 1. The van der Waals surface area contributed by atoms with Crippen molar-refractivity contribution >= 4 is 11.6 Å². The van der Waals surface area contributed by atoms with E-state index in [-0.39, 0.29) is 5.91 Å². The quantitative estimate of drug-likeness (QED) is 0.572. The molecule has 0 radical (unpaired) electrons. The zero-order valence-corrected chi connectivity index (χ0v) is 10.9. The predicted octanol–water partition coefficient (Wildman–Crippen LogP) is 1.51. The number of benzene rings is 1. The van der Waals surface area contributed by atoms with Gasteiger partial charge in [-0.15, -0.1) is 0 Å². The molecule has 1 heterocycles. The molecule has 0 aliphatic carbocycles. The zero-order chi connectivity index (χ0) is 13.8. The maximum absolute atomic E-state index is 11.9. The minimum atomic E-state index is -0.149. The molecule has 1 amide bonds. The van der Waals surface area contributed by atoms with Crippen LogP contribution in [-0.2, 0) is 6.54 Å². The highest BCUT2D eigenvalue weighted by Gasteiger charge is 2.11. The van der Waals surface area contributed by atoms with Crippen molar-refractivity contribution in [2.24, 2.45) is 5.84 Å². The van der Waals surface area contributed by atoms with Crippen molar-refractivity contribution in [2.75, 3.05) is 5.43 Å². The lowest BCUT2D eigenvalue weighted by Gasteiger charge is -2.06. The Labute approximate surface area is 110 Å². The van der Waals surface area contributed by atoms with Crippen molar-refractivity contribution in [3.63, 3.8) is 0 Å². The van der Waals surface area contributed by atoms with Crippen LogP contribution in [0.25, 0.3) is 0 Å². The van der Waals surface area contributed by atoms with Gasteiger partial charge < -0.3 is 15.3 Å². The van der Waals surface area contributed by atoms with Gasteiger partial charge in [0.25, 0.3) is 5.91 Å². The van der Waals surface area contributed by atoms with Gasteiger partial charge in [-0.3, -0.25) is 10.6 Å². The molecule has 2 aromatic rings. The fourth-order valence-electron chi connectivity index (χ4n) is 1.74. The highest BCUT2D eigenvalue weighted by Crippen LogP contribution is 2.12. The van der Waals surface area contributed by atoms with Crippen LogP contribution < -0.4 is 16.6 Å². The summed E-state index contributed by atoms with van der Waals surface area (Å²) in [5, 5.41) is 6.67. The first-order valence-corrected chi connectivity index (χ1v) is 5.88. The molecule has 4 N–H and O–H groups in total. The molecule has 0 spiro atoms. The van der Waals surface area contributed by atoms with Gasteiger partial charge in [-0.1, -0.05) is 5.16 Å². The molecule has 6 heteroatoms. The van der Waals surface area contributed by atoms with E-state index >= 15 is 0 Å². The third kappa shape index (κ3) is 2.92. The summed E-state index contributed by atoms with van der Waals surface area (Å²) >= 11 is 0. The van der Waals surface area contributed by atoms with Gasteiger partial charge in [-0.2, -0.15) is 0 Å². The van der Waals surface area contributed by atoms with E-state index in [1.54, 1.807) is 24.3 Å². The lowest BCUT2D eigenvalue weighted by Crippen LogP contribution is -2.23. The molecule has 1 aromatic heterocycles. The van der Waals surface area contributed by atoms with Gasteiger partial charge in [0, 0.05) is 23.4 Å². The summed E-state index contributed by atoms with van der Waals surface area (Å²) in [4.78, 5) is 11.9. The Kier molecular flexibility index (Phi) is 3.82. The van der Waals surface area contributed by atoms with Crippen molar-refractivity contribution in [2.45, 2.75) is 20.4 Å². The first-order chi connectivity index (χ1) is 9.11. The lowest BCUT2D eigenvalue weighted by molar-refractivity contribution is 0.0951. The van der Waals surface area contributed by atoms with E-state index < -0.39 is 0 Å². The largest absolute Gasteiger partial charge is 0.361 e. The number of amides is 1.